The summed E-state index contributed by atoms with van der Waals surface area (Å²) in [4.78, 5) is 13.0. The zero-order chi connectivity index (χ0) is 19.9. The summed E-state index contributed by atoms with van der Waals surface area (Å²) < 4.78 is 25.2. The molecule has 28 heavy (non-hydrogen) atoms. The van der Waals surface area contributed by atoms with Crippen LogP contribution in [-0.2, 0) is 16.1 Å². The van der Waals surface area contributed by atoms with E-state index in [9.17, 15) is 18.7 Å². The van der Waals surface area contributed by atoms with Crippen LogP contribution in [0.1, 0.15) is 17.9 Å². The van der Waals surface area contributed by atoms with Crippen molar-refractivity contribution in [1.82, 2.24) is 0 Å². The third-order valence-corrected chi connectivity index (χ3v) is 7.24. The summed E-state index contributed by atoms with van der Waals surface area (Å²) in [6.45, 7) is 0. The van der Waals surface area contributed by atoms with Gasteiger partial charge in [0.15, 0.2) is 5.54 Å². The van der Waals surface area contributed by atoms with Gasteiger partial charge in [-0.25, -0.2) is 4.79 Å². The number of carboxylic acids is 1. The molecule has 8 heteroatoms. The Morgan fingerprint density at radius 1 is 1.14 bits per heavy atom. The van der Waals surface area contributed by atoms with Crippen LogP contribution in [0, 0.1) is 0 Å². The molecular weight excluding hydrogens is 418 g/mol. The fourth-order valence-electron chi connectivity index (χ4n) is 3.49. The number of aliphatic carboxylic acids is 1. The summed E-state index contributed by atoms with van der Waals surface area (Å²) in [5, 5.41) is 10.9. The van der Waals surface area contributed by atoms with Crippen LogP contribution in [0.3, 0.4) is 0 Å². The lowest BCUT2D eigenvalue weighted by Gasteiger charge is -2.32. The highest BCUT2D eigenvalue weighted by molar-refractivity contribution is 7.81. The Kier molecular flexibility index (Phi) is 5.01. The number of carbonyl (C=O) groups is 1. The SMILES string of the molecule is O=C(O)C1(N(c2ccc(-c3ccc(Cl)cc3)s2)S(=O)[O-])CC1c1ccccc1. The van der Waals surface area contributed by atoms with E-state index >= 15 is 0 Å². The third-order valence-electron chi connectivity index (χ3n) is 4.94. The molecule has 1 aromatic heterocycles. The first-order valence-electron chi connectivity index (χ1n) is 8.47. The lowest BCUT2D eigenvalue weighted by atomic mass is 10.1. The first-order valence-corrected chi connectivity index (χ1v) is 10.7. The number of hydrogen-bond acceptors (Lipinski definition) is 4. The molecule has 2 aromatic carbocycles. The van der Waals surface area contributed by atoms with E-state index in [0.717, 1.165) is 20.3 Å². The van der Waals surface area contributed by atoms with Crippen LogP contribution in [0.4, 0.5) is 5.00 Å². The van der Waals surface area contributed by atoms with Gasteiger partial charge in [-0.05, 0) is 41.8 Å². The lowest BCUT2D eigenvalue weighted by molar-refractivity contribution is -0.139. The molecular formula is C20H15ClNO4S2-. The molecule has 0 radical (unpaired) electrons. The minimum absolute atomic E-state index is 0.231. The lowest BCUT2D eigenvalue weighted by Crippen LogP contribution is -2.46. The van der Waals surface area contributed by atoms with E-state index in [-0.39, 0.29) is 6.42 Å². The predicted molar refractivity (Wildman–Crippen MR) is 110 cm³/mol. The molecule has 0 spiro atoms. The molecule has 1 aliphatic rings. The highest BCUT2D eigenvalue weighted by Crippen LogP contribution is 2.58. The van der Waals surface area contributed by atoms with Crippen LogP contribution < -0.4 is 4.31 Å². The molecule has 3 aromatic rings. The van der Waals surface area contributed by atoms with Crippen LogP contribution in [0.15, 0.2) is 66.7 Å². The number of hydrogen-bond donors (Lipinski definition) is 1. The maximum absolute atomic E-state index is 12.2. The zero-order valence-corrected chi connectivity index (χ0v) is 16.8. The molecule has 1 heterocycles. The van der Waals surface area contributed by atoms with Crippen molar-refractivity contribution in [2.75, 3.05) is 4.31 Å². The molecule has 5 nitrogen and oxygen atoms in total. The monoisotopic (exact) mass is 432 g/mol. The quantitative estimate of drug-likeness (QED) is 0.573. The van der Waals surface area contributed by atoms with Gasteiger partial charge in [0.2, 0.25) is 0 Å². The molecule has 1 N–H and O–H groups in total. The topological polar surface area (TPSA) is 80.7 Å². The Morgan fingerprint density at radius 2 is 1.82 bits per heavy atom. The van der Waals surface area contributed by atoms with E-state index in [2.05, 4.69) is 0 Å². The second-order valence-corrected chi connectivity index (χ2v) is 8.85. The maximum Gasteiger partial charge on any atom is 0.331 e. The molecule has 0 aliphatic heterocycles. The summed E-state index contributed by atoms with van der Waals surface area (Å²) in [7, 11) is 0. The van der Waals surface area contributed by atoms with Crippen molar-refractivity contribution in [2.24, 2.45) is 0 Å². The van der Waals surface area contributed by atoms with Crippen molar-refractivity contribution in [3.8, 4) is 10.4 Å². The third kappa shape index (κ3) is 3.24. The number of thiophene rings is 1. The molecule has 1 saturated carbocycles. The van der Waals surface area contributed by atoms with Crippen LogP contribution >= 0.6 is 22.9 Å². The van der Waals surface area contributed by atoms with Crippen molar-refractivity contribution in [1.29, 1.82) is 0 Å². The minimum atomic E-state index is -2.73. The first kappa shape index (κ1) is 19.1. The van der Waals surface area contributed by atoms with Crippen molar-refractivity contribution in [3.63, 3.8) is 0 Å². The van der Waals surface area contributed by atoms with Gasteiger partial charge in [-0.3, -0.25) is 8.51 Å². The van der Waals surface area contributed by atoms with Crippen LogP contribution in [0.2, 0.25) is 5.02 Å². The molecule has 3 atom stereocenters. The second-order valence-electron chi connectivity index (χ2n) is 6.55. The van der Waals surface area contributed by atoms with Crippen molar-refractivity contribution < 1.29 is 18.7 Å². The number of anilines is 1. The van der Waals surface area contributed by atoms with E-state index in [1.165, 1.54) is 11.3 Å². The van der Waals surface area contributed by atoms with Gasteiger partial charge in [0.25, 0.3) is 0 Å². The zero-order valence-electron chi connectivity index (χ0n) is 14.4. The summed E-state index contributed by atoms with van der Waals surface area (Å²) >= 11 is 4.43. The summed E-state index contributed by atoms with van der Waals surface area (Å²) in [6.07, 6.45) is 0.231. The fraction of sp³-hybridized carbons (Fsp3) is 0.150. The molecule has 1 fully saturated rings. The van der Waals surface area contributed by atoms with Crippen LogP contribution in [0.5, 0.6) is 0 Å². The number of nitrogens with zero attached hydrogens (tertiary/aromatic N) is 1. The highest BCUT2D eigenvalue weighted by Gasteiger charge is 2.66. The van der Waals surface area contributed by atoms with E-state index < -0.39 is 28.7 Å². The Morgan fingerprint density at radius 3 is 2.43 bits per heavy atom. The van der Waals surface area contributed by atoms with E-state index in [4.69, 9.17) is 11.6 Å². The average molecular weight is 433 g/mol. The van der Waals surface area contributed by atoms with Gasteiger partial charge in [0, 0.05) is 27.1 Å². The van der Waals surface area contributed by atoms with Crippen molar-refractivity contribution in [2.45, 2.75) is 17.9 Å². The average Bonchev–Trinajstić information content (AvgIpc) is 3.24. The van der Waals surface area contributed by atoms with Crippen molar-refractivity contribution >= 4 is 45.2 Å². The second kappa shape index (κ2) is 7.33. The Balaban J connectivity index is 1.72. The predicted octanol–water partition coefficient (Wildman–Crippen LogP) is 4.68. The number of carboxylic acid groups (broad SMARTS) is 1. The fourth-order valence-corrected chi connectivity index (χ4v) is 5.66. The van der Waals surface area contributed by atoms with Crippen molar-refractivity contribution in [3.05, 3.63) is 77.3 Å². The van der Waals surface area contributed by atoms with Gasteiger partial charge in [0.05, 0.1) is 0 Å². The summed E-state index contributed by atoms with van der Waals surface area (Å²) in [6, 6.07) is 19.8. The number of halogens is 1. The standard InChI is InChI=1S/C20H16ClNO4S2/c21-15-8-6-14(7-9-15)17-10-11-18(27-17)22(28(25)26)20(19(23)24)12-16(20)13-4-2-1-3-5-13/h1-11,16H,12H2,(H,23,24)(H,25,26)/p-1. The van der Waals surface area contributed by atoms with Gasteiger partial charge in [-0.2, -0.15) is 0 Å². The van der Waals surface area contributed by atoms with Crippen LogP contribution in [-0.4, -0.2) is 25.4 Å². The van der Waals surface area contributed by atoms with E-state index in [1.54, 1.807) is 24.3 Å². The number of rotatable bonds is 6. The van der Waals surface area contributed by atoms with E-state index in [0.29, 0.717) is 10.0 Å². The van der Waals surface area contributed by atoms with E-state index in [1.807, 2.05) is 42.5 Å². The van der Waals surface area contributed by atoms with Gasteiger partial charge in [-0.15, -0.1) is 11.3 Å². The van der Waals surface area contributed by atoms with Gasteiger partial charge < -0.3 is 9.66 Å². The smallest absolute Gasteiger partial charge is 0.331 e. The normalized spacial score (nSPS) is 21.9. The molecule has 0 amide bonds. The van der Waals surface area contributed by atoms with Gasteiger partial charge in [0.1, 0.15) is 5.00 Å². The van der Waals surface area contributed by atoms with Gasteiger partial charge in [-0.1, -0.05) is 54.1 Å². The Hall–Kier alpha value is -2.19. The Bertz CT molecular complexity index is 1040. The molecule has 0 bridgehead atoms. The maximum atomic E-state index is 12.2. The molecule has 1 aliphatic carbocycles. The minimum Gasteiger partial charge on any atom is -0.755 e. The molecule has 144 valence electrons. The highest BCUT2D eigenvalue weighted by atomic mass is 35.5. The molecule has 3 unspecified atom stereocenters. The summed E-state index contributed by atoms with van der Waals surface area (Å²) in [5.41, 5.74) is 0.197. The van der Waals surface area contributed by atoms with Gasteiger partial charge >= 0.3 is 5.97 Å². The summed E-state index contributed by atoms with van der Waals surface area (Å²) in [5.74, 6) is -1.54. The molecule has 4 rings (SSSR count). The largest absolute Gasteiger partial charge is 0.755 e. The molecule has 0 saturated heterocycles. The Labute approximate surface area is 173 Å². The first-order chi connectivity index (χ1) is 13.4. The number of benzene rings is 2. The van der Waals surface area contributed by atoms with Crippen LogP contribution in [0.25, 0.3) is 10.4 Å².